The second-order valence-electron chi connectivity index (χ2n) is 5.66. The molecule has 0 saturated heterocycles. The second kappa shape index (κ2) is 6.52. The predicted octanol–water partition coefficient (Wildman–Crippen LogP) is 3.26. The van der Waals surface area contributed by atoms with E-state index in [0.717, 1.165) is 28.7 Å². The van der Waals surface area contributed by atoms with Crippen molar-refractivity contribution in [3.8, 4) is 0 Å². The number of hydrogen-bond acceptors (Lipinski definition) is 2. The number of rotatable bonds is 5. The van der Waals surface area contributed by atoms with Crippen molar-refractivity contribution in [1.29, 1.82) is 0 Å². The Kier molecular flexibility index (Phi) is 4.93. The SMILES string of the molecule is CCn1c(CC(C)C)c(N)c(=O)n1Cc1ccc(Br)cc1. The van der Waals surface area contributed by atoms with Crippen molar-refractivity contribution in [2.75, 3.05) is 5.73 Å². The molecular formula is C16H22BrN3O. The fourth-order valence-corrected chi connectivity index (χ4v) is 2.80. The highest BCUT2D eigenvalue weighted by molar-refractivity contribution is 9.10. The fraction of sp³-hybridized carbons (Fsp3) is 0.438. The molecule has 2 aromatic rings. The number of nitrogen functional groups attached to an aromatic ring is 1. The van der Waals surface area contributed by atoms with Crippen molar-refractivity contribution in [3.63, 3.8) is 0 Å². The first-order chi connectivity index (χ1) is 9.93. The summed E-state index contributed by atoms with van der Waals surface area (Å²) in [4.78, 5) is 12.4. The van der Waals surface area contributed by atoms with Crippen LogP contribution >= 0.6 is 15.9 Å². The van der Waals surface area contributed by atoms with E-state index >= 15 is 0 Å². The molecule has 0 amide bonds. The standard InChI is InChI=1S/C16H22BrN3O/c1-4-19-14(9-11(2)3)15(18)16(21)20(19)10-12-5-7-13(17)8-6-12/h5-8,11H,4,9-10,18H2,1-3H3. The van der Waals surface area contributed by atoms with Gasteiger partial charge in [0.25, 0.3) is 5.56 Å². The van der Waals surface area contributed by atoms with E-state index < -0.39 is 0 Å². The third-order valence-corrected chi connectivity index (χ3v) is 4.05. The minimum atomic E-state index is -0.0876. The van der Waals surface area contributed by atoms with Crippen molar-refractivity contribution in [3.05, 3.63) is 50.3 Å². The van der Waals surface area contributed by atoms with Gasteiger partial charge in [-0.1, -0.05) is 41.9 Å². The normalized spacial score (nSPS) is 11.3. The van der Waals surface area contributed by atoms with E-state index in [0.29, 0.717) is 18.2 Å². The predicted molar refractivity (Wildman–Crippen MR) is 90.6 cm³/mol. The van der Waals surface area contributed by atoms with Gasteiger partial charge < -0.3 is 5.73 Å². The van der Waals surface area contributed by atoms with Gasteiger partial charge in [-0.25, -0.2) is 4.68 Å². The zero-order valence-corrected chi connectivity index (χ0v) is 14.4. The first-order valence-corrected chi connectivity index (χ1v) is 8.05. The van der Waals surface area contributed by atoms with Crippen LogP contribution in [0.5, 0.6) is 0 Å². The molecule has 2 N–H and O–H groups in total. The molecule has 0 aliphatic rings. The Labute approximate surface area is 133 Å². The maximum absolute atomic E-state index is 12.4. The van der Waals surface area contributed by atoms with Gasteiger partial charge in [0.1, 0.15) is 5.69 Å². The molecule has 4 nitrogen and oxygen atoms in total. The Morgan fingerprint density at radius 2 is 1.81 bits per heavy atom. The number of nitrogens with two attached hydrogens (primary N) is 1. The lowest BCUT2D eigenvalue weighted by molar-refractivity contribution is 0.460. The Morgan fingerprint density at radius 1 is 1.19 bits per heavy atom. The van der Waals surface area contributed by atoms with E-state index in [4.69, 9.17) is 5.73 Å². The highest BCUT2D eigenvalue weighted by Gasteiger charge is 2.17. The van der Waals surface area contributed by atoms with Crippen LogP contribution in [0, 0.1) is 5.92 Å². The minimum absolute atomic E-state index is 0.0876. The fourth-order valence-electron chi connectivity index (χ4n) is 2.54. The summed E-state index contributed by atoms with van der Waals surface area (Å²) in [6, 6.07) is 8.00. The molecule has 2 rings (SSSR count). The van der Waals surface area contributed by atoms with Crippen molar-refractivity contribution < 1.29 is 0 Å². The van der Waals surface area contributed by atoms with E-state index in [-0.39, 0.29) is 5.56 Å². The number of benzene rings is 1. The molecule has 1 aromatic carbocycles. The number of nitrogens with zero attached hydrogens (tertiary/aromatic N) is 2. The van der Waals surface area contributed by atoms with Crippen LogP contribution in [-0.2, 0) is 19.5 Å². The third-order valence-electron chi connectivity index (χ3n) is 3.53. The number of aromatic nitrogens is 2. The van der Waals surface area contributed by atoms with Crippen LogP contribution < -0.4 is 11.3 Å². The maximum atomic E-state index is 12.4. The lowest BCUT2D eigenvalue weighted by Gasteiger charge is -2.14. The Bertz CT molecular complexity index is 668. The molecule has 21 heavy (non-hydrogen) atoms. The smallest absolute Gasteiger partial charge is 0.290 e. The number of anilines is 1. The van der Waals surface area contributed by atoms with Gasteiger partial charge in [-0.15, -0.1) is 0 Å². The zero-order chi connectivity index (χ0) is 15.6. The summed E-state index contributed by atoms with van der Waals surface area (Å²) in [6.07, 6.45) is 0.822. The van der Waals surface area contributed by atoms with Crippen LogP contribution in [0.25, 0.3) is 0 Å². The van der Waals surface area contributed by atoms with Crippen molar-refractivity contribution >= 4 is 21.6 Å². The highest BCUT2D eigenvalue weighted by atomic mass is 79.9. The van der Waals surface area contributed by atoms with Gasteiger partial charge in [-0.3, -0.25) is 9.48 Å². The lowest BCUT2D eigenvalue weighted by atomic mass is 10.1. The third kappa shape index (κ3) is 3.40. The van der Waals surface area contributed by atoms with Crippen LogP contribution in [0.15, 0.2) is 33.5 Å². The van der Waals surface area contributed by atoms with Crippen molar-refractivity contribution in [2.45, 2.75) is 40.3 Å². The van der Waals surface area contributed by atoms with Crippen molar-refractivity contribution in [2.24, 2.45) is 5.92 Å². The second-order valence-corrected chi connectivity index (χ2v) is 6.58. The quantitative estimate of drug-likeness (QED) is 0.898. The van der Waals surface area contributed by atoms with E-state index in [1.807, 2.05) is 35.9 Å². The summed E-state index contributed by atoms with van der Waals surface area (Å²) in [5.74, 6) is 0.466. The Hall–Kier alpha value is -1.49. The van der Waals surface area contributed by atoms with E-state index in [9.17, 15) is 4.79 Å². The molecule has 0 aliphatic carbocycles. The van der Waals surface area contributed by atoms with Gasteiger partial charge in [0, 0.05) is 11.0 Å². The van der Waals surface area contributed by atoms with Gasteiger partial charge in [-0.05, 0) is 37.0 Å². The van der Waals surface area contributed by atoms with E-state index in [2.05, 4.69) is 29.8 Å². The van der Waals surface area contributed by atoms with Gasteiger partial charge in [-0.2, -0.15) is 0 Å². The molecule has 5 heteroatoms. The average Bonchev–Trinajstić information content (AvgIpc) is 2.65. The van der Waals surface area contributed by atoms with E-state index in [1.165, 1.54) is 0 Å². The Balaban J connectivity index is 2.43. The summed E-state index contributed by atoms with van der Waals surface area (Å²) in [5.41, 5.74) is 8.39. The van der Waals surface area contributed by atoms with Crippen molar-refractivity contribution in [1.82, 2.24) is 9.36 Å². The molecule has 114 valence electrons. The molecule has 1 heterocycles. The zero-order valence-electron chi connectivity index (χ0n) is 12.8. The van der Waals surface area contributed by atoms with Gasteiger partial charge in [0.2, 0.25) is 0 Å². The summed E-state index contributed by atoms with van der Waals surface area (Å²) in [7, 11) is 0. The summed E-state index contributed by atoms with van der Waals surface area (Å²) in [5, 5.41) is 0. The molecule has 0 fully saturated rings. The number of hydrogen-bond donors (Lipinski definition) is 1. The van der Waals surface area contributed by atoms with Gasteiger partial charge in [0.15, 0.2) is 0 Å². The molecule has 0 atom stereocenters. The van der Waals surface area contributed by atoms with Crippen LogP contribution in [0.4, 0.5) is 5.69 Å². The van der Waals surface area contributed by atoms with Crippen LogP contribution in [0.1, 0.15) is 32.0 Å². The first-order valence-electron chi connectivity index (χ1n) is 7.26. The monoisotopic (exact) mass is 351 g/mol. The molecular weight excluding hydrogens is 330 g/mol. The molecule has 0 saturated carbocycles. The summed E-state index contributed by atoms with van der Waals surface area (Å²) >= 11 is 3.42. The lowest BCUT2D eigenvalue weighted by Crippen LogP contribution is -2.24. The first kappa shape index (κ1) is 15.9. The van der Waals surface area contributed by atoms with Gasteiger partial charge in [0.05, 0.1) is 12.2 Å². The molecule has 0 bridgehead atoms. The molecule has 1 aromatic heterocycles. The molecule has 0 aliphatic heterocycles. The van der Waals surface area contributed by atoms with Crippen LogP contribution in [0.3, 0.4) is 0 Å². The van der Waals surface area contributed by atoms with Crippen LogP contribution in [0.2, 0.25) is 0 Å². The van der Waals surface area contributed by atoms with E-state index in [1.54, 1.807) is 4.68 Å². The molecule has 0 unspecified atom stereocenters. The Morgan fingerprint density at radius 3 is 2.33 bits per heavy atom. The number of halogens is 1. The molecule has 0 spiro atoms. The molecule has 0 radical (unpaired) electrons. The minimum Gasteiger partial charge on any atom is -0.393 e. The van der Waals surface area contributed by atoms with Gasteiger partial charge >= 0.3 is 0 Å². The van der Waals surface area contributed by atoms with Crippen LogP contribution in [-0.4, -0.2) is 9.36 Å². The topological polar surface area (TPSA) is 52.9 Å². The largest absolute Gasteiger partial charge is 0.393 e. The highest BCUT2D eigenvalue weighted by Crippen LogP contribution is 2.16. The average molecular weight is 352 g/mol. The maximum Gasteiger partial charge on any atom is 0.290 e. The summed E-state index contributed by atoms with van der Waals surface area (Å²) < 4.78 is 4.79. The summed E-state index contributed by atoms with van der Waals surface area (Å²) in [6.45, 7) is 7.60.